The molecule has 2 fully saturated rings. The second-order valence-corrected chi connectivity index (χ2v) is 14.6. The first kappa shape index (κ1) is 40.1. The molecule has 0 saturated carbocycles. The number of phosphoric ester groups is 3. The van der Waals surface area contributed by atoms with Crippen LogP contribution in [0.3, 0.4) is 0 Å². The van der Waals surface area contributed by atoms with Gasteiger partial charge in [0.2, 0.25) is 0 Å². The van der Waals surface area contributed by atoms with Crippen LogP contribution >= 0.6 is 23.5 Å². The molecular formula is C22H28N6NaO17P3. The third kappa shape index (κ3) is 9.42. The van der Waals surface area contributed by atoms with Crippen LogP contribution in [0, 0.1) is 0 Å². The Hall–Kier alpha value is -1.66. The molecule has 27 heteroatoms. The number of rotatable bonds is 13. The topological polar surface area (TPSA) is 344 Å². The first-order valence-electron chi connectivity index (χ1n) is 13.5. The number of phosphoric acid groups is 3. The molecule has 5 heterocycles. The van der Waals surface area contributed by atoms with Gasteiger partial charge in [-0.2, -0.15) is 4.57 Å². The SMILES string of the molecule is CC(=O)c1ccc[n+]([C@@H]2O[C@H](COP(=O)([O-])OP(=O)([O-])OC[C@H]3O[C@@H](n4cnc5c(N)ncnc54)[C@H](OP(=O)(O)O)[C@@H]3O)[C@@H](O)[C@H]2O)c1.[Na+]. The molecule has 2 aliphatic heterocycles. The number of hydrogen-bond acceptors (Lipinski definition) is 19. The van der Waals surface area contributed by atoms with E-state index in [-0.39, 0.29) is 57.9 Å². The number of aliphatic hydroxyl groups excluding tert-OH is 3. The number of imidazole rings is 1. The fourth-order valence-corrected chi connectivity index (χ4v) is 7.44. The average molecular weight is 764 g/mol. The predicted octanol–water partition coefficient (Wildman–Crippen LogP) is -6.06. The van der Waals surface area contributed by atoms with Crippen molar-refractivity contribution in [3.63, 3.8) is 0 Å². The summed E-state index contributed by atoms with van der Waals surface area (Å²) in [4.78, 5) is 66.9. The Kier molecular flexibility index (Phi) is 12.7. The van der Waals surface area contributed by atoms with Crippen LogP contribution in [-0.2, 0) is 41.1 Å². The molecule has 10 atom stereocenters. The largest absolute Gasteiger partial charge is 1.00 e. The van der Waals surface area contributed by atoms with Crippen LogP contribution < -0.4 is 49.6 Å². The van der Waals surface area contributed by atoms with Crippen molar-refractivity contribution in [2.24, 2.45) is 0 Å². The van der Waals surface area contributed by atoms with E-state index in [0.29, 0.717) is 0 Å². The van der Waals surface area contributed by atoms with Crippen LogP contribution in [0.25, 0.3) is 11.2 Å². The fraction of sp³-hybridized carbons (Fsp3) is 0.500. The minimum atomic E-state index is -5.82. The molecule has 7 N–H and O–H groups in total. The number of aliphatic hydroxyl groups is 3. The number of nitrogens with zero attached hydrogens (tertiary/aromatic N) is 5. The van der Waals surface area contributed by atoms with Crippen molar-refractivity contribution in [3.8, 4) is 0 Å². The van der Waals surface area contributed by atoms with Crippen LogP contribution in [-0.4, -0.2) is 100 Å². The summed E-state index contributed by atoms with van der Waals surface area (Å²) in [5.41, 5.74) is 6.03. The third-order valence-electron chi connectivity index (χ3n) is 7.09. The molecule has 264 valence electrons. The zero-order valence-electron chi connectivity index (χ0n) is 25.3. The van der Waals surface area contributed by atoms with Gasteiger partial charge in [0.25, 0.3) is 21.9 Å². The Labute approximate surface area is 297 Å². The molecule has 2 aliphatic rings. The number of nitrogen functional groups attached to an aromatic ring is 1. The molecule has 0 aromatic carbocycles. The maximum atomic E-state index is 12.4. The number of nitrogens with two attached hydrogens (primary N) is 1. The quantitative estimate of drug-likeness (QED) is 0.0408. The maximum Gasteiger partial charge on any atom is 1.00 e. The van der Waals surface area contributed by atoms with E-state index in [1.807, 2.05) is 0 Å². The van der Waals surface area contributed by atoms with Gasteiger partial charge in [0.05, 0.1) is 25.1 Å². The van der Waals surface area contributed by atoms with Crippen LogP contribution in [0.2, 0.25) is 0 Å². The minimum Gasteiger partial charge on any atom is -0.756 e. The van der Waals surface area contributed by atoms with Gasteiger partial charge in [-0.05, 0) is 13.0 Å². The third-order valence-corrected chi connectivity index (χ3v) is 10.1. The summed E-state index contributed by atoms with van der Waals surface area (Å²) < 4.78 is 67.6. The van der Waals surface area contributed by atoms with Crippen molar-refractivity contribution in [3.05, 3.63) is 42.7 Å². The Morgan fingerprint density at radius 3 is 2.27 bits per heavy atom. The summed E-state index contributed by atoms with van der Waals surface area (Å²) in [5, 5.41) is 31.5. The Morgan fingerprint density at radius 2 is 1.65 bits per heavy atom. The molecule has 49 heavy (non-hydrogen) atoms. The summed E-state index contributed by atoms with van der Waals surface area (Å²) in [6, 6.07) is 2.96. The van der Waals surface area contributed by atoms with Gasteiger partial charge in [-0.3, -0.25) is 23.0 Å². The van der Waals surface area contributed by atoms with E-state index in [9.17, 15) is 53.4 Å². The molecule has 3 aromatic heterocycles. The zero-order valence-corrected chi connectivity index (χ0v) is 30.0. The molecule has 23 nitrogen and oxygen atoms in total. The first-order valence-corrected chi connectivity index (χ1v) is 18.0. The minimum absolute atomic E-state index is 0. The van der Waals surface area contributed by atoms with Crippen molar-refractivity contribution < 1.29 is 115 Å². The van der Waals surface area contributed by atoms with Crippen LogP contribution in [0.4, 0.5) is 5.82 Å². The van der Waals surface area contributed by atoms with Crippen molar-refractivity contribution in [2.75, 3.05) is 18.9 Å². The Balaban J connectivity index is 0.00000541. The van der Waals surface area contributed by atoms with E-state index in [4.69, 9.17) is 15.2 Å². The van der Waals surface area contributed by atoms with Gasteiger partial charge in [-0.25, -0.2) is 23.8 Å². The summed E-state index contributed by atoms with van der Waals surface area (Å²) in [5.74, 6) is -0.372. The maximum absolute atomic E-state index is 12.4. The van der Waals surface area contributed by atoms with E-state index in [1.165, 1.54) is 36.0 Å². The molecule has 5 rings (SSSR count). The van der Waals surface area contributed by atoms with Crippen molar-refractivity contribution in [1.29, 1.82) is 0 Å². The second-order valence-electron chi connectivity index (χ2n) is 10.4. The van der Waals surface area contributed by atoms with Gasteiger partial charge in [0, 0.05) is 6.07 Å². The first-order chi connectivity index (χ1) is 22.4. The summed E-state index contributed by atoms with van der Waals surface area (Å²) >= 11 is 0. The van der Waals surface area contributed by atoms with E-state index in [0.717, 1.165) is 17.2 Å². The van der Waals surface area contributed by atoms with Gasteiger partial charge < -0.3 is 59.1 Å². The standard InChI is InChI=1S/C22H29N6O17P3.Na/c1-10(29)11-3-2-4-27(5-11)21-17(32)15(30)12(42-21)6-40-47(36,37)45-48(38,39)41-7-13-16(31)18(44-46(33,34)35)22(43-13)28-9-26-14-19(23)24-8-25-20(14)28;/h2-5,8-9,12-13,15-18,21-22,30-32H,6-7H2,1H3,(H5-,23,24,25,33,34,35,36,37,38,39);/q;+1/p-1/t12-,13-,15-,16-,17-,18-,21-,22-;/m1./s1. The van der Waals surface area contributed by atoms with Gasteiger partial charge in [0.15, 0.2) is 42.0 Å². The number of ether oxygens (including phenoxy) is 2. The monoisotopic (exact) mass is 764 g/mol. The number of carbonyl (C=O) groups excluding carboxylic acids is 1. The summed E-state index contributed by atoms with van der Waals surface area (Å²) in [6.45, 7) is -0.880. The number of ketones is 1. The van der Waals surface area contributed by atoms with Gasteiger partial charge in [-0.15, -0.1) is 0 Å². The molecule has 0 amide bonds. The van der Waals surface area contributed by atoms with Crippen molar-refractivity contribution in [1.82, 2.24) is 19.5 Å². The van der Waals surface area contributed by atoms with Crippen molar-refractivity contribution in [2.45, 2.75) is 56.0 Å². The molecule has 2 saturated heterocycles. The summed E-state index contributed by atoms with van der Waals surface area (Å²) in [6.07, 6.45) is -8.42. The Bertz CT molecular complexity index is 1820. The summed E-state index contributed by atoms with van der Waals surface area (Å²) in [7, 11) is -16.9. The number of carbonyl (C=O) groups is 1. The number of fused-ring (bicyclic) bond motifs is 1. The van der Waals surface area contributed by atoms with Crippen LogP contribution in [0.5, 0.6) is 0 Å². The second kappa shape index (κ2) is 15.5. The smallest absolute Gasteiger partial charge is 0.756 e. The average Bonchev–Trinajstić information content (AvgIpc) is 3.64. The normalized spacial score (nSPS) is 29.7. The Morgan fingerprint density at radius 1 is 1.02 bits per heavy atom. The molecule has 0 spiro atoms. The van der Waals surface area contributed by atoms with Crippen molar-refractivity contribution >= 4 is 46.2 Å². The zero-order chi connectivity index (χ0) is 35.2. The number of hydrogen-bond donors (Lipinski definition) is 6. The molecule has 0 radical (unpaired) electrons. The molecular weight excluding hydrogens is 736 g/mol. The fourth-order valence-electron chi connectivity index (χ4n) is 4.88. The van der Waals surface area contributed by atoms with Crippen LogP contribution in [0.15, 0.2) is 37.2 Å². The van der Waals surface area contributed by atoms with Gasteiger partial charge in [0.1, 0.15) is 42.4 Å². The number of Topliss-reactive ketones (excluding diaryl/α,β-unsaturated/α-hetero) is 1. The molecule has 0 aliphatic carbocycles. The van der Waals surface area contributed by atoms with Crippen LogP contribution in [0.1, 0.15) is 29.7 Å². The molecule has 3 aromatic rings. The van der Waals surface area contributed by atoms with E-state index in [1.54, 1.807) is 0 Å². The number of aromatic nitrogens is 5. The number of pyridine rings is 1. The predicted molar refractivity (Wildman–Crippen MR) is 147 cm³/mol. The van der Waals surface area contributed by atoms with Gasteiger partial charge in [-0.1, -0.05) is 0 Å². The van der Waals surface area contributed by atoms with E-state index in [2.05, 4.69) is 32.8 Å². The van der Waals surface area contributed by atoms with E-state index < -0.39 is 85.8 Å². The molecule has 2 unspecified atom stereocenters. The van der Waals surface area contributed by atoms with Gasteiger partial charge >= 0.3 is 37.4 Å². The molecule has 0 bridgehead atoms. The van der Waals surface area contributed by atoms with E-state index >= 15 is 0 Å². The number of anilines is 1.